The molecule has 1 aliphatic heterocycles. The number of aliphatic hydroxyl groups is 3. The largest absolute Gasteiger partial charge is 0.459 e. The molecule has 108 valence electrons. The van der Waals surface area contributed by atoms with Gasteiger partial charge in [-0.2, -0.15) is 0 Å². The van der Waals surface area contributed by atoms with Gasteiger partial charge in [0.15, 0.2) is 5.58 Å². The Hall–Kier alpha value is -1.19. The van der Waals surface area contributed by atoms with Crippen LogP contribution < -0.4 is 0 Å². The van der Waals surface area contributed by atoms with Crippen molar-refractivity contribution in [1.29, 1.82) is 0 Å². The van der Waals surface area contributed by atoms with Gasteiger partial charge in [-0.15, -0.1) is 11.8 Å². The van der Waals surface area contributed by atoms with E-state index in [1.165, 1.54) is 24.4 Å². The molecular weight excluding hydrogens is 284 g/mol. The molecule has 4 atom stereocenters. The Labute approximate surface area is 118 Å². The van der Waals surface area contributed by atoms with Crippen molar-refractivity contribution in [3.8, 4) is 0 Å². The molecule has 1 saturated heterocycles. The van der Waals surface area contributed by atoms with Gasteiger partial charge in [0.05, 0.1) is 12.9 Å². The number of rotatable bonds is 3. The molecule has 0 radical (unpaired) electrons. The van der Waals surface area contributed by atoms with Crippen LogP contribution in [0, 0.1) is 0 Å². The summed E-state index contributed by atoms with van der Waals surface area (Å²) in [5, 5.41) is 29.6. The second-order valence-electron chi connectivity index (χ2n) is 4.51. The minimum atomic E-state index is -1.14. The summed E-state index contributed by atoms with van der Waals surface area (Å²) in [5.41, 5.74) is 1.60. The molecule has 3 heterocycles. The van der Waals surface area contributed by atoms with Gasteiger partial charge < -0.3 is 24.5 Å². The highest BCUT2D eigenvalue weighted by Gasteiger charge is 2.44. The maximum absolute atomic E-state index is 10.0. The number of aliphatic hydroxyl groups excluding tert-OH is 3. The van der Waals surface area contributed by atoms with Crippen LogP contribution in [0.4, 0.5) is 0 Å². The summed E-state index contributed by atoms with van der Waals surface area (Å²) in [6, 6.07) is 0. The number of furan rings is 1. The summed E-state index contributed by atoms with van der Waals surface area (Å²) in [5.74, 6) is 0. The van der Waals surface area contributed by atoms with Gasteiger partial charge in [0.25, 0.3) is 0 Å². The summed E-state index contributed by atoms with van der Waals surface area (Å²) >= 11 is 1.42. The second-order valence-corrected chi connectivity index (χ2v) is 5.31. The van der Waals surface area contributed by atoms with Crippen LogP contribution in [0.15, 0.2) is 22.0 Å². The number of thioether (sulfide) groups is 1. The summed E-state index contributed by atoms with van der Waals surface area (Å²) in [4.78, 5) is 8.25. The Morgan fingerprint density at radius 1 is 1.30 bits per heavy atom. The first-order valence-corrected chi connectivity index (χ1v) is 7.28. The van der Waals surface area contributed by atoms with E-state index in [1.807, 2.05) is 6.26 Å². The van der Waals surface area contributed by atoms with Gasteiger partial charge >= 0.3 is 0 Å². The van der Waals surface area contributed by atoms with E-state index in [-0.39, 0.29) is 6.61 Å². The molecule has 0 aromatic carbocycles. The van der Waals surface area contributed by atoms with Gasteiger partial charge in [0.1, 0.15) is 41.3 Å². The Kier molecular flexibility index (Phi) is 3.65. The topological polar surface area (TPSA) is 109 Å². The van der Waals surface area contributed by atoms with E-state index in [0.29, 0.717) is 21.7 Å². The van der Waals surface area contributed by atoms with Gasteiger partial charge in [-0.3, -0.25) is 0 Å². The summed E-state index contributed by atoms with van der Waals surface area (Å²) in [7, 11) is 0. The minimum absolute atomic E-state index is 0.366. The zero-order chi connectivity index (χ0) is 14.3. The van der Waals surface area contributed by atoms with Crippen LogP contribution in [0.1, 0.15) is 11.7 Å². The Bertz CT molecular complexity index is 619. The molecule has 7 nitrogen and oxygen atoms in total. The van der Waals surface area contributed by atoms with Gasteiger partial charge in [-0.05, 0) is 6.26 Å². The first-order valence-electron chi connectivity index (χ1n) is 6.06. The van der Waals surface area contributed by atoms with E-state index in [4.69, 9.17) is 14.3 Å². The third kappa shape index (κ3) is 2.00. The van der Waals surface area contributed by atoms with E-state index in [9.17, 15) is 10.2 Å². The van der Waals surface area contributed by atoms with Gasteiger partial charge in [-0.1, -0.05) is 0 Å². The highest BCUT2D eigenvalue weighted by Crippen LogP contribution is 2.38. The summed E-state index contributed by atoms with van der Waals surface area (Å²) < 4.78 is 10.9. The molecule has 0 aliphatic carbocycles. The minimum Gasteiger partial charge on any atom is -0.459 e. The standard InChI is InChI=1S/C12H14N2O5S/c1-20-12-11-7(13-4-14-12)5(3-18-11)10-9(17)8(16)6(2-15)19-10/h3-4,6,8-10,15-17H,2H2,1H3/t6-,8-,9-,10+/m1/s1. The maximum atomic E-state index is 10.0. The average Bonchev–Trinajstić information content (AvgIpc) is 3.01. The van der Waals surface area contributed by atoms with E-state index < -0.39 is 24.4 Å². The van der Waals surface area contributed by atoms with Crippen molar-refractivity contribution in [3.63, 3.8) is 0 Å². The van der Waals surface area contributed by atoms with E-state index in [1.54, 1.807) is 0 Å². The van der Waals surface area contributed by atoms with Crippen molar-refractivity contribution < 1.29 is 24.5 Å². The molecule has 3 N–H and O–H groups in total. The average molecular weight is 298 g/mol. The van der Waals surface area contributed by atoms with Crippen LogP contribution in [0.3, 0.4) is 0 Å². The van der Waals surface area contributed by atoms with Gasteiger partial charge in [0.2, 0.25) is 0 Å². The highest BCUT2D eigenvalue weighted by atomic mass is 32.2. The molecule has 0 spiro atoms. The van der Waals surface area contributed by atoms with Crippen LogP contribution in [-0.2, 0) is 4.74 Å². The Balaban J connectivity index is 2.03. The lowest BCUT2D eigenvalue weighted by Gasteiger charge is -2.12. The molecule has 0 bridgehead atoms. The van der Waals surface area contributed by atoms with Gasteiger partial charge in [-0.25, -0.2) is 9.97 Å². The third-order valence-corrected chi connectivity index (χ3v) is 4.07. The van der Waals surface area contributed by atoms with Crippen LogP contribution in [0.5, 0.6) is 0 Å². The fourth-order valence-electron chi connectivity index (χ4n) is 2.35. The fraction of sp³-hybridized carbons (Fsp3) is 0.500. The smallest absolute Gasteiger partial charge is 0.184 e. The number of aromatic nitrogens is 2. The SMILES string of the molecule is CSc1ncnc2c([C@@H]3O[C@H](CO)[C@@H](O)[C@H]3O)coc12. The van der Waals surface area contributed by atoms with Crippen LogP contribution in [0.2, 0.25) is 0 Å². The number of hydrogen-bond acceptors (Lipinski definition) is 8. The molecule has 2 aromatic heterocycles. The van der Waals surface area contributed by atoms with Crippen molar-refractivity contribution in [2.45, 2.75) is 29.4 Å². The van der Waals surface area contributed by atoms with Crippen LogP contribution in [0.25, 0.3) is 11.1 Å². The Morgan fingerprint density at radius 3 is 2.75 bits per heavy atom. The third-order valence-electron chi connectivity index (χ3n) is 3.39. The number of fused-ring (bicyclic) bond motifs is 1. The first-order chi connectivity index (χ1) is 9.67. The molecule has 1 fully saturated rings. The lowest BCUT2D eigenvalue weighted by atomic mass is 10.0. The van der Waals surface area contributed by atoms with Crippen molar-refractivity contribution in [2.75, 3.05) is 12.9 Å². The van der Waals surface area contributed by atoms with E-state index in [0.717, 1.165) is 0 Å². The molecule has 3 rings (SSSR count). The predicted molar refractivity (Wildman–Crippen MR) is 70.3 cm³/mol. The second kappa shape index (κ2) is 5.30. The van der Waals surface area contributed by atoms with Crippen molar-refractivity contribution in [2.24, 2.45) is 0 Å². The molecule has 2 aromatic rings. The maximum Gasteiger partial charge on any atom is 0.184 e. The van der Waals surface area contributed by atoms with Gasteiger partial charge in [0, 0.05) is 5.56 Å². The zero-order valence-corrected chi connectivity index (χ0v) is 11.4. The molecule has 0 amide bonds. The van der Waals surface area contributed by atoms with Crippen LogP contribution >= 0.6 is 11.8 Å². The molecule has 20 heavy (non-hydrogen) atoms. The monoisotopic (exact) mass is 298 g/mol. The van der Waals surface area contributed by atoms with E-state index in [2.05, 4.69) is 9.97 Å². The summed E-state index contributed by atoms with van der Waals surface area (Å²) in [6.45, 7) is -0.366. The molecule has 0 saturated carbocycles. The number of hydrogen-bond donors (Lipinski definition) is 3. The molecule has 8 heteroatoms. The Morgan fingerprint density at radius 2 is 2.10 bits per heavy atom. The number of ether oxygens (including phenoxy) is 1. The lowest BCUT2D eigenvalue weighted by molar-refractivity contribution is -0.0226. The van der Waals surface area contributed by atoms with E-state index >= 15 is 0 Å². The fourth-order valence-corrected chi connectivity index (χ4v) is 2.83. The summed E-state index contributed by atoms with van der Waals surface area (Å²) in [6.07, 6.45) is 0.844. The predicted octanol–water partition coefficient (Wildman–Crippen LogP) is 0.0987. The molecular formula is C12H14N2O5S. The zero-order valence-electron chi connectivity index (χ0n) is 10.6. The molecule has 0 unspecified atom stereocenters. The van der Waals surface area contributed by atoms with Crippen molar-refractivity contribution in [3.05, 3.63) is 18.2 Å². The van der Waals surface area contributed by atoms with Crippen LogP contribution in [-0.4, -0.2) is 56.5 Å². The van der Waals surface area contributed by atoms with Crippen molar-refractivity contribution >= 4 is 22.9 Å². The highest BCUT2D eigenvalue weighted by molar-refractivity contribution is 7.98. The van der Waals surface area contributed by atoms with Crippen molar-refractivity contribution in [1.82, 2.24) is 9.97 Å². The quantitative estimate of drug-likeness (QED) is 0.541. The lowest BCUT2D eigenvalue weighted by Crippen LogP contribution is -2.32. The number of nitrogens with zero attached hydrogens (tertiary/aromatic N) is 2. The molecule has 1 aliphatic rings. The normalized spacial score (nSPS) is 30.2. The first kappa shape index (κ1) is 13.8.